The maximum Gasteiger partial charge on any atom is 0.123 e. The second-order valence-corrected chi connectivity index (χ2v) is 2.56. The topological polar surface area (TPSA) is 75.9 Å². The molecule has 0 unspecified atom stereocenters. The molecule has 0 heterocycles. The van der Waals surface area contributed by atoms with E-state index in [0.717, 1.165) is 0 Å². The lowest BCUT2D eigenvalue weighted by Gasteiger charge is -2.00. The van der Waals surface area contributed by atoms with Crippen molar-refractivity contribution in [2.45, 2.75) is 0 Å². The predicted octanol–water partition coefficient (Wildman–Crippen LogP) is 1.06. The summed E-state index contributed by atoms with van der Waals surface area (Å²) in [6, 6.07) is 5.67. The monoisotopic (exact) mass is 179 g/mol. The number of benzene rings is 1. The van der Waals surface area contributed by atoms with E-state index in [1.54, 1.807) is 0 Å². The van der Waals surface area contributed by atoms with Crippen LogP contribution in [0.1, 0.15) is 5.56 Å². The van der Waals surface area contributed by atoms with Crippen LogP contribution in [0, 0.1) is 11.2 Å². The number of hydrogen-bond acceptors (Lipinski definition) is 2. The molecular formula is C9H10FN3. The molecule has 0 saturated heterocycles. The first kappa shape index (κ1) is 9.25. The molecule has 5 N–H and O–H groups in total. The summed E-state index contributed by atoms with van der Waals surface area (Å²) in [6.45, 7) is 0. The van der Waals surface area contributed by atoms with E-state index in [9.17, 15) is 4.39 Å². The van der Waals surface area contributed by atoms with Crippen molar-refractivity contribution < 1.29 is 4.39 Å². The Hall–Kier alpha value is -1.84. The highest BCUT2D eigenvalue weighted by Gasteiger charge is 1.96. The van der Waals surface area contributed by atoms with Crippen LogP contribution in [-0.4, -0.2) is 5.84 Å². The number of nitrogens with two attached hydrogens (primary N) is 2. The van der Waals surface area contributed by atoms with Gasteiger partial charge in [-0.25, -0.2) is 4.39 Å². The maximum atomic E-state index is 12.5. The van der Waals surface area contributed by atoms with Crippen molar-refractivity contribution in [2.75, 3.05) is 0 Å². The molecule has 0 aliphatic rings. The number of rotatable bonds is 2. The minimum absolute atomic E-state index is 0.123. The molecule has 1 aromatic carbocycles. The van der Waals surface area contributed by atoms with E-state index in [2.05, 4.69) is 0 Å². The molecule has 0 atom stereocenters. The van der Waals surface area contributed by atoms with Crippen LogP contribution in [0.3, 0.4) is 0 Å². The SMILES string of the molecule is N=C(N)C=C(N)c1ccc(F)cc1. The van der Waals surface area contributed by atoms with Crippen LogP contribution in [0.2, 0.25) is 0 Å². The molecule has 0 spiro atoms. The first-order valence-corrected chi connectivity index (χ1v) is 3.67. The van der Waals surface area contributed by atoms with Gasteiger partial charge in [-0.1, -0.05) is 12.1 Å². The Kier molecular flexibility index (Phi) is 2.64. The highest BCUT2D eigenvalue weighted by Crippen LogP contribution is 2.09. The van der Waals surface area contributed by atoms with Crippen molar-refractivity contribution in [3.8, 4) is 0 Å². The van der Waals surface area contributed by atoms with Crippen LogP contribution < -0.4 is 11.5 Å². The van der Waals surface area contributed by atoms with E-state index in [1.165, 1.54) is 30.3 Å². The molecule has 68 valence electrons. The third-order valence-corrected chi connectivity index (χ3v) is 1.49. The Balaban J connectivity index is 2.96. The zero-order valence-corrected chi connectivity index (χ0v) is 6.92. The lowest BCUT2D eigenvalue weighted by atomic mass is 10.1. The Morgan fingerprint density at radius 1 is 1.23 bits per heavy atom. The summed E-state index contributed by atoms with van der Waals surface area (Å²) in [6.07, 6.45) is 1.31. The average molecular weight is 179 g/mol. The molecule has 0 aliphatic carbocycles. The summed E-state index contributed by atoms with van der Waals surface area (Å²) < 4.78 is 12.5. The molecule has 0 radical (unpaired) electrons. The van der Waals surface area contributed by atoms with Crippen molar-refractivity contribution in [1.82, 2.24) is 0 Å². The van der Waals surface area contributed by atoms with Crippen molar-refractivity contribution in [3.05, 3.63) is 41.7 Å². The fraction of sp³-hybridized carbons (Fsp3) is 0. The normalized spacial score (nSPS) is 11.3. The van der Waals surface area contributed by atoms with Crippen molar-refractivity contribution >= 4 is 11.5 Å². The highest BCUT2D eigenvalue weighted by atomic mass is 19.1. The van der Waals surface area contributed by atoms with Gasteiger partial charge in [-0.05, 0) is 17.7 Å². The predicted molar refractivity (Wildman–Crippen MR) is 50.5 cm³/mol. The third-order valence-electron chi connectivity index (χ3n) is 1.49. The lowest BCUT2D eigenvalue weighted by Crippen LogP contribution is -2.09. The quantitative estimate of drug-likeness (QED) is 0.469. The molecule has 3 nitrogen and oxygen atoms in total. The van der Waals surface area contributed by atoms with Gasteiger partial charge in [0.15, 0.2) is 0 Å². The summed E-state index contributed by atoms with van der Waals surface area (Å²) in [7, 11) is 0. The summed E-state index contributed by atoms with van der Waals surface area (Å²) >= 11 is 0. The molecule has 1 rings (SSSR count). The summed E-state index contributed by atoms with van der Waals surface area (Å²) in [5, 5.41) is 6.96. The largest absolute Gasteiger partial charge is 0.398 e. The minimum atomic E-state index is -0.320. The van der Waals surface area contributed by atoms with Crippen LogP contribution in [0.15, 0.2) is 30.3 Å². The van der Waals surface area contributed by atoms with Gasteiger partial charge in [-0.2, -0.15) is 0 Å². The van der Waals surface area contributed by atoms with E-state index < -0.39 is 0 Å². The standard InChI is InChI=1S/C9H10FN3/c10-7-3-1-6(2-4-7)8(11)5-9(12)13/h1-5H,11H2,(H3,12,13). The number of hydrogen-bond donors (Lipinski definition) is 3. The van der Waals surface area contributed by atoms with Gasteiger partial charge in [0, 0.05) is 11.8 Å². The van der Waals surface area contributed by atoms with Gasteiger partial charge in [0.25, 0.3) is 0 Å². The molecule has 1 aromatic rings. The van der Waals surface area contributed by atoms with Gasteiger partial charge < -0.3 is 11.5 Å². The zero-order chi connectivity index (χ0) is 9.84. The zero-order valence-electron chi connectivity index (χ0n) is 6.92. The van der Waals surface area contributed by atoms with Gasteiger partial charge in [0.05, 0.1) is 0 Å². The van der Waals surface area contributed by atoms with Gasteiger partial charge >= 0.3 is 0 Å². The average Bonchev–Trinajstić information content (AvgIpc) is 2.04. The molecule has 13 heavy (non-hydrogen) atoms. The molecule has 0 fully saturated rings. The molecule has 0 aliphatic heterocycles. The molecule has 0 amide bonds. The molecule has 0 aromatic heterocycles. The minimum Gasteiger partial charge on any atom is -0.398 e. The summed E-state index contributed by atoms with van der Waals surface area (Å²) in [5.74, 6) is -0.443. The van der Waals surface area contributed by atoms with Crippen LogP contribution in [0.5, 0.6) is 0 Å². The Bertz CT molecular complexity index is 340. The summed E-state index contributed by atoms with van der Waals surface area (Å²) in [4.78, 5) is 0. The highest BCUT2D eigenvalue weighted by molar-refractivity contribution is 5.95. The molecule has 0 saturated carbocycles. The van der Waals surface area contributed by atoms with Crippen molar-refractivity contribution in [3.63, 3.8) is 0 Å². The number of nitrogens with one attached hydrogen (secondary N) is 1. The first-order chi connectivity index (χ1) is 6.09. The fourth-order valence-electron chi connectivity index (χ4n) is 0.893. The Labute approximate surface area is 75.4 Å². The molecular weight excluding hydrogens is 169 g/mol. The van der Waals surface area contributed by atoms with Crippen LogP contribution in [-0.2, 0) is 0 Å². The second-order valence-electron chi connectivity index (χ2n) is 2.56. The Morgan fingerprint density at radius 3 is 2.23 bits per heavy atom. The van der Waals surface area contributed by atoms with E-state index >= 15 is 0 Å². The second kappa shape index (κ2) is 3.71. The van der Waals surface area contributed by atoms with Gasteiger partial charge in [0.1, 0.15) is 11.7 Å². The van der Waals surface area contributed by atoms with Crippen LogP contribution in [0.25, 0.3) is 5.70 Å². The molecule has 0 bridgehead atoms. The smallest absolute Gasteiger partial charge is 0.123 e. The fourth-order valence-corrected chi connectivity index (χ4v) is 0.893. The van der Waals surface area contributed by atoms with Crippen LogP contribution in [0.4, 0.5) is 4.39 Å². The van der Waals surface area contributed by atoms with Crippen molar-refractivity contribution in [1.29, 1.82) is 5.41 Å². The van der Waals surface area contributed by atoms with Gasteiger partial charge in [0.2, 0.25) is 0 Å². The van der Waals surface area contributed by atoms with Gasteiger partial charge in [-0.15, -0.1) is 0 Å². The van der Waals surface area contributed by atoms with E-state index in [4.69, 9.17) is 16.9 Å². The first-order valence-electron chi connectivity index (χ1n) is 3.67. The van der Waals surface area contributed by atoms with Crippen molar-refractivity contribution in [2.24, 2.45) is 11.5 Å². The summed E-state index contributed by atoms with van der Waals surface area (Å²) in [5.41, 5.74) is 11.7. The number of amidine groups is 1. The third kappa shape index (κ3) is 2.59. The Morgan fingerprint density at radius 2 is 1.77 bits per heavy atom. The van der Waals surface area contributed by atoms with E-state index in [0.29, 0.717) is 11.3 Å². The number of halogens is 1. The van der Waals surface area contributed by atoms with Crippen LogP contribution >= 0.6 is 0 Å². The van der Waals surface area contributed by atoms with E-state index in [1.807, 2.05) is 0 Å². The molecule has 4 heteroatoms. The van der Waals surface area contributed by atoms with E-state index in [-0.39, 0.29) is 11.7 Å². The lowest BCUT2D eigenvalue weighted by molar-refractivity contribution is 0.627. The van der Waals surface area contributed by atoms with Gasteiger partial charge in [-0.3, -0.25) is 5.41 Å². The maximum absolute atomic E-state index is 12.5.